The third kappa shape index (κ3) is 15.6. The first-order valence-corrected chi connectivity index (χ1v) is 32.8. The minimum Gasteiger partial charge on any atom is -0.344 e. The van der Waals surface area contributed by atoms with Crippen molar-refractivity contribution in [2.75, 3.05) is 64.0 Å². The summed E-state index contributed by atoms with van der Waals surface area (Å²) in [5, 5.41) is 29.6. The summed E-state index contributed by atoms with van der Waals surface area (Å²) in [5.41, 5.74) is 1.84. The Morgan fingerprint density at radius 3 is 1.57 bits per heavy atom. The quantitative estimate of drug-likeness (QED) is 0.0423. The Morgan fingerprint density at radius 2 is 1.11 bits per heavy atom. The van der Waals surface area contributed by atoms with Crippen LogP contribution < -0.4 is 31.9 Å². The number of aromatic nitrogens is 4. The van der Waals surface area contributed by atoms with Crippen molar-refractivity contribution in [3.8, 4) is 0 Å². The maximum absolute atomic E-state index is 16.3. The zero-order valence-electron chi connectivity index (χ0n) is 53.9. The van der Waals surface area contributed by atoms with Crippen LogP contribution >= 0.6 is 0 Å². The zero-order valence-corrected chi connectivity index (χ0v) is 53.9. The van der Waals surface area contributed by atoms with E-state index in [1.807, 2.05) is 34.9 Å². The Labute approximate surface area is 530 Å². The molecule has 25 heteroatoms. The Bertz CT molecular complexity index is 3340. The molecule has 2 saturated heterocycles. The average Bonchev–Trinajstić information content (AvgIpc) is 1.74. The van der Waals surface area contributed by atoms with Gasteiger partial charge in [-0.1, -0.05) is 45.0 Å². The second-order valence-corrected chi connectivity index (χ2v) is 26.5. The number of nitrogens with zero attached hydrogens (tertiary/aromatic N) is 8. The largest absolute Gasteiger partial charge is 0.344 e. The molecule has 0 radical (unpaired) electrons. The van der Waals surface area contributed by atoms with Crippen LogP contribution in [0.1, 0.15) is 162 Å². The number of carbonyl (C=O) groups excluding carboxylic acids is 8. The minimum absolute atomic E-state index is 0.00204. The maximum Gasteiger partial charge on any atom is 0.276 e. The van der Waals surface area contributed by atoms with Gasteiger partial charge in [-0.05, 0) is 168 Å². The zero-order chi connectivity index (χ0) is 65.1. The van der Waals surface area contributed by atoms with Crippen LogP contribution in [0.15, 0.2) is 47.1 Å². The molecule has 4 saturated carbocycles. The molecule has 91 heavy (non-hydrogen) atoms. The number of benzene rings is 2. The summed E-state index contributed by atoms with van der Waals surface area (Å²) in [6.07, 6.45) is 8.22. The molecule has 10 rings (SSSR count). The molecule has 2 aromatic carbocycles. The normalized spacial score (nSPS) is 20.9. The molecule has 4 heterocycles. The van der Waals surface area contributed by atoms with Crippen LogP contribution in [-0.4, -0.2) is 177 Å². The molecule has 6 N–H and O–H groups in total. The summed E-state index contributed by atoms with van der Waals surface area (Å²) in [5.74, 6) is -5.85. The van der Waals surface area contributed by atoms with Crippen LogP contribution in [0.25, 0.3) is 0 Å². The van der Waals surface area contributed by atoms with Gasteiger partial charge < -0.3 is 46.6 Å². The third-order valence-corrected chi connectivity index (χ3v) is 19.9. The highest BCUT2D eigenvalue weighted by Crippen LogP contribution is 2.52. The molecule has 2 aliphatic heterocycles. The van der Waals surface area contributed by atoms with Crippen molar-refractivity contribution in [1.82, 2.24) is 61.0 Å². The standard InChI is InChI=1S/C66H90F2N14O9/c1-10-49-58(77-91-76-49)62(86)74-60(55(41-17-18-41)42-19-20-42)64(88)71-51-23-21-43(29-47(51)67)36(5)56(69-38(7)83)65(89)81-28-26-79(9)46(34-81)31-45-32-52(82(12-3)75-45)61(85)73-59(54(39-13-14-39)40-15-16-40)63(87)70-50-24-22-44(30-48(50)68)37(6)57(72-53(84)11-2)66(90)80-27-25-78(8)35(4)33-80/h21-24,29-30,32,35-37,39-42,46,54-57,59-60H,10-20,25-28,31,33-34H2,1-9H3,(H,69,83)(H,70,87)(H,71,88)(H,72,84)(H,73,85)(H,74,86)/t35-,36-,37-,46+,56+,57+,59-,60-/m0/s1. The van der Waals surface area contributed by atoms with E-state index in [1.54, 1.807) is 53.5 Å². The number of hydrogen-bond donors (Lipinski definition) is 6. The number of halogens is 2. The van der Waals surface area contributed by atoms with E-state index in [4.69, 9.17) is 9.73 Å². The van der Waals surface area contributed by atoms with Crippen molar-refractivity contribution in [1.29, 1.82) is 0 Å². The third-order valence-electron chi connectivity index (χ3n) is 19.9. The molecule has 4 aromatic rings. The van der Waals surface area contributed by atoms with E-state index in [0.717, 1.165) is 51.4 Å². The van der Waals surface area contributed by atoms with Gasteiger partial charge in [-0.2, -0.15) is 5.10 Å². The summed E-state index contributed by atoms with van der Waals surface area (Å²) in [6.45, 7) is 15.2. The number of piperazine rings is 2. The summed E-state index contributed by atoms with van der Waals surface area (Å²) in [4.78, 5) is 119. The summed E-state index contributed by atoms with van der Waals surface area (Å²) < 4.78 is 39.1. The van der Waals surface area contributed by atoms with Crippen LogP contribution in [0.2, 0.25) is 0 Å². The Morgan fingerprint density at radius 1 is 0.615 bits per heavy atom. The van der Waals surface area contributed by atoms with E-state index >= 15 is 8.78 Å². The Balaban J connectivity index is 0.799. The van der Waals surface area contributed by atoms with Gasteiger partial charge in [0.05, 0.1) is 17.1 Å². The number of anilines is 2. The molecular weight excluding hydrogens is 1170 g/mol. The van der Waals surface area contributed by atoms with Gasteiger partial charge in [0, 0.05) is 89.5 Å². The predicted octanol–water partition coefficient (Wildman–Crippen LogP) is 5.63. The molecule has 6 aliphatic rings. The highest BCUT2D eigenvalue weighted by atomic mass is 19.1. The smallest absolute Gasteiger partial charge is 0.276 e. The first-order chi connectivity index (χ1) is 43.5. The van der Waals surface area contributed by atoms with Gasteiger partial charge in [-0.25, -0.2) is 13.4 Å². The topological polar surface area (TPSA) is 278 Å². The molecule has 6 fully saturated rings. The second-order valence-electron chi connectivity index (χ2n) is 26.5. The van der Waals surface area contributed by atoms with Gasteiger partial charge in [0.15, 0.2) is 5.69 Å². The summed E-state index contributed by atoms with van der Waals surface area (Å²) >= 11 is 0. The SMILES string of the molecule is CCC(=O)N[C@@H](C(=O)N1CCN(C)[C@@H](C)C1)[C@@H](C)c1ccc(NC(=O)[C@@H](NC(=O)c2cc(C[C@@H]3CN(C(=O)[C@H](NC(C)=O)[C@@H](C)c4ccc(NC(=O)[C@@H](NC(=O)c5nonc5CC)C(C5CC5)C5CC5)c(F)c4)CCN3C)nn2CC)C(C2CC2)C2CC2)c(F)c1. The lowest BCUT2D eigenvalue weighted by Crippen LogP contribution is -2.59. The van der Waals surface area contributed by atoms with E-state index in [2.05, 4.69) is 52.0 Å². The van der Waals surface area contributed by atoms with Crippen molar-refractivity contribution < 1.29 is 51.8 Å². The second kappa shape index (κ2) is 28.5. The molecule has 4 aliphatic carbocycles. The number of carbonyl (C=O) groups is 8. The van der Waals surface area contributed by atoms with E-state index in [0.29, 0.717) is 74.6 Å². The number of aryl methyl sites for hydroxylation is 2. The van der Waals surface area contributed by atoms with Crippen molar-refractivity contribution in [3.05, 3.63) is 88.0 Å². The fraction of sp³-hybridized carbons (Fsp3) is 0.621. The molecule has 492 valence electrons. The number of likely N-dealkylation sites (N-methyl/N-ethyl adjacent to an activating group) is 2. The van der Waals surface area contributed by atoms with Crippen molar-refractivity contribution in [2.45, 2.75) is 174 Å². The van der Waals surface area contributed by atoms with E-state index in [-0.39, 0.29) is 101 Å². The fourth-order valence-electron chi connectivity index (χ4n) is 13.7. The Hall–Kier alpha value is -7.67. The lowest BCUT2D eigenvalue weighted by molar-refractivity contribution is -0.139. The van der Waals surface area contributed by atoms with Gasteiger partial charge >= 0.3 is 0 Å². The van der Waals surface area contributed by atoms with Crippen LogP contribution in [0.5, 0.6) is 0 Å². The lowest BCUT2D eigenvalue weighted by Gasteiger charge is -2.41. The predicted molar refractivity (Wildman–Crippen MR) is 334 cm³/mol. The number of rotatable bonds is 27. The first-order valence-electron chi connectivity index (χ1n) is 32.8. The Kier molecular flexibility index (Phi) is 20.7. The average molecular weight is 1260 g/mol. The summed E-state index contributed by atoms with van der Waals surface area (Å²) in [6, 6.07) is 6.21. The monoisotopic (exact) mass is 1260 g/mol. The van der Waals surface area contributed by atoms with Crippen LogP contribution in [0.3, 0.4) is 0 Å². The molecule has 0 bridgehead atoms. The van der Waals surface area contributed by atoms with E-state index < -0.39 is 77.2 Å². The number of amides is 8. The lowest BCUT2D eigenvalue weighted by atomic mass is 9.88. The molecule has 0 unspecified atom stereocenters. The number of nitrogens with one attached hydrogen (secondary N) is 6. The highest BCUT2D eigenvalue weighted by Gasteiger charge is 2.50. The molecule has 8 amide bonds. The number of hydrogen-bond acceptors (Lipinski definition) is 14. The van der Waals surface area contributed by atoms with Crippen LogP contribution in [-0.2, 0) is 48.2 Å². The van der Waals surface area contributed by atoms with Gasteiger partial charge in [0.2, 0.25) is 35.4 Å². The molecule has 2 aromatic heterocycles. The fourth-order valence-corrected chi connectivity index (χ4v) is 13.7. The van der Waals surface area contributed by atoms with Crippen molar-refractivity contribution in [3.63, 3.8) is 0 Å². The molecular formula is C66H90F2N14O9. The minimum atomic E-state index is -1.10. The van der Waals surface area contributed by atoms with Gasteiger partial charge in [0.25, 0.3) is 11.8 Å². The highest BCUT2D eigenvalue weighted by molar-refractivity contribution is 6.02. The molecule has 0 spiro atoms. The van der Waals surface area contributed by atoms with Crippen molar-refractivity contribution >= 4 is 58.6 Å². The first kappa shape index (κ1) is 66.3. The molecule has 8 atom stereocenters. The van der Waals surface area contributed by atoms with E-state index in [9.17, 15) is 38.4 Å². The van der Waals surface area contributed by atoms with Gasteiger partial charge in [0.1, 0.15) is 47.2 Å². The van der Waals surface area contributed by atoms with Crippen molar-refractivity contribution in [2.24, 2.45) is 35.5 Å². The molecule has 23 nitrogen and oxygen atoms in total. The van der Waals surface area contributed by atoms with Gasteiger partial charge in [-0.15, -0.1) is 0 Å². The van der Waals surface area contributed by atoms with Crippen LogP contribution in [0, 0.1) is 47.1 Å². The van der Waals surface area contributed by atoms with Gasteiger partial charge in [-0.3, -0.25) is 47.9 Å². The maximum atomic E-state index is 16.3. The van der Waals surface area contributed by atoms with E-state index in [1.165, 1.54) is 31.2 Å². The summed E-state index contributed by atoms with van der Waals surface area (Å²) in [7, 11) is 3.94. The van der Waals surface area contributed by atoms with Crippen LogP contribution in [0.4, 0.5) is 20.2 Å².